The molecular weight excluding hydrogens is 184 g/mol. The van der Waals surface area contributed by atoms with E-state index >= 15 is 0 Å². The number of hydrogen-bond donors (Lipinski definition) is 2. The maximum Gasteiger partial charge on any atom is 0.0770 e. The molecule has 0 amide bonds. The molecule has 0 bridgehead atoms. The first kappa shape index (κ1) is 8.98. The zero-order valence-electron chi connectivity index (χ0n) is 8.96. The van der Waals surface area contributed by atoms with Crippen LogP contribution in [-0.2, 0) is 0 Å². The third-order valence-corrected chi connectivity index (χ3v) is 3.30. The summed E-state index contributed by atoms with van der Waals surface area (Å²) >= 11 is 0. The van der Waals surface area contributed by atoms with Crippen molar-refractivity contribution < 1.29 is 0 Å². The Morgan fingerprint density at radius 2 is 2.33 bits per heavy atom. The minimum Gasteiger partial charge on any atom is -0.370 e. The van der Waals surface area contributed by atoms with Crippen LogP contribution in [0.5, 0.6) is 0 Å². The Morgan fingerprint density at radius 3 is 3.20 bits per heavy atom. The quantitative estimate of drug-likeness (QED) is 0.728. The van der Waals surface area contributed by atoms with Gasteiger partial charge in [-0.25, -0.2) is 0 Å². The highest BCUT2D eigenvalue weighted by molar-refractivity contribution is 5.69. The molecule has 3 rings (SSSR count). The summed E-state index contributed by atoms with van der Waals surface area (Å²) in [6.45, 7) is 2.21. The van der Waals surface area contributed by atoms with Gasteiger partial charge in [0.2, 0.25) is 0 Å². The molecule has 2 nitrogen and oxygen atoms in total. The Bertz CT molecular complexity index is 409. The molecule has 2 atom stereocenters. The molecule has 1 aromatic rings. The molecule has 1 aliphatic heterocycles. The van der Waals surface area contributed by atoms with Gasteiger partial charge >= 0.3 is 0 Å². The second kappa shape index (κ2) is 3.38. The van der Waals surface area contributed by atoms with E-state index in [9.17, 15) is 0 Å². The fourth-order valence-corrected chi connectivity index (χ4v) is 2.54. The van der Waals surface area contributed by atoms with Crippen molar-refractivity contribution in [2.24, 2.45) is 0 Å². The van der Waals surface area contributed by atoms with E-state index in [4.69, 9.17) is 0 Å². The van der Waals surface area contributed by atoms with Gasteiger partial charge in [-0.15, -0.1) is 0 Å². The Hall–Kier alpha value is -1.28. The molecule has 2 aliphatic rings. The zero-order valence-corrected chi connectivity index (χ0v) is 8.96. The van der Waals surface area contributed by atoms with Crippen molar-refractivity contribution in [1.29, 1.82) is 0 Å². The van der Waals surface area contributed by atoms with Crippen LogP contribution in [0.1, 0.15) is 36.9 Å². The van der Waals surface area contributed by atoms with Crippen LogP contribution in [0.15, 0.2) is 24.3 Å². The molecular formula is C13H16N2. The summed E-state index contributed by atoms with van der Waals surface area (Å²) in [5.74, 6) is 0. The average Bonchev–Trinajstić information content (AvgIpc) is 2.29. The molecule has 2 heteroatoms. The van der Waals surface area contributed by atoms with Crippen molar-refractivity contribution in [3.05, 3.63) is 35.4 Å². The van der Waals surface area contributed by atoms with E-state index < -0.39 is 0 Å². The Balaban J connectivity index is 2.10. The van der Waals surface area contributed by atoms with Crippen molar-refractivity contribution in [3.8, 4) is 0 Å². The summed E-state index contributed by atoms with van der Waals surface area (Å²) in [6.07, 6.45) is 7.14. The van der Waals surface area contributed by atoms with Crippen molar-refractivity contribution in [2.45, 2.75) is 32.0 Å². The molecule has 1 aliphatic carbocycles. The van der Waals surface area contributed by atoms with Crippen LogP contribution in [0.2, 0.25) is 0 Å². The highest BCUT2D eigenvalue weighted by Crippen LogP contribution is 2.37. The van der Waals surface area contributed by atoms with Gasteiger partial charge in [-0.2, -0.15) is 0 Å². The minimum absolute atomic E-state index is 0.421. The summed E-state index contributed by atoms with van der Waals surface area (Å²) in [6, 6.07) is 7.02. The lowest BCUT2D eigenvalue weighted by Crippen LogP contribution is -2.43. The van der Waals surface area contributed by atoms with Crippen LogP contribution >= 0.6 is 0 Å². The first-order chi connectivity index (χ1) is 7.38. The lowest BCUT2D eigenvalue weighted by atomic mass is 9.89. The predicted molar refractivity (Wildman–Crippen MR) is 63.7 cm³/mol. The summed E-state index contributed by atoms with van der Waals surface area (Å²) in [4.78, 5) is 0. The van der Waals surface area contributed by atoms with Gasteiger partial charge in [0.1, 0.15) is 0 Å². The van der Waals surface area contributed by atoms with Crippen LogP contribution in [0.3, 0.4) is 0 Å². The van der Waals surface area contributed by atoms with Crippen molar-refractivity contribution in [1.82, 2.24) is 5.32 Å². The van der Waals surface area contributed by atoms with E-state index in [-0.39, 0.29) is 0 Å². The van der Waals surface area contributed by atoms with Gasteiger partial charge in [0, 0.05) is 11.7 Å². The van der Waals surface area contributed by atoms with Crippen molar-refractivity contribution in [2.75, 3.05) is 5.32 Å². The van der Waals surface area contributed by atoms with Gasteiger partial charge in [0.15, 0.2) is 0 Å². The third kappa shape index (κ3) is 1.37. The number of benzene rings is 1. The van der Waals surface area contributed by atoms with Gasteiger partial charge in [-0.3, -0.25) is 5.32 Å². The lowest BCUT2D eigenvalue weighted by Gasteiger charge is -2.36. The smallest absolute Gasteiger partial charge is 0.0770 e. The SMILES string of the molecule is CCC1Nc2cccc3c2C(CC=C3)N1. The van der Waals surface area contributed by atoms with E-state index in [1.807, 2.05) is 0 Å². The van der Waals surface area contributed by atoms with Gasteiger partial charge in [0.05, 0.1) is 6.17 Å². The predicted octanol–water partition coefficient (Wildman–Crippen LogP) is 2.90. The molecule has 0 saturated carbocycles. The van der Waals surface area contributed by atoms with Crippen molar-refractivity contribution >= 4 is 11.8 Å². The van der Waals surface area contributed by atoms with Crippen LogP contribution < -0.4 is 10.6 Å². The van der Waals surface area contributed by atoms with E-state index in [1.165, 1.54) is 16.8 Å². The Kier molecular flexibility index (Phi) is 2.03. The molecule has 78 valence electrons. The zero-order chi connectivity index (χ0) is 10.3. The Morgan fingerprint density at radius 1 is 1.40 bits per heavy atom. The first-order valence-corrected chi connectivity index (χ1v) is 5.70. The standard InChI is InChI=1S/C13H16N2/c1-2-12-14-10-7-3-5-9-6-4-8-11(15-12)13(9)10/h3-7,11-12,14-15H,2,8H2,1H3. The molecule has 15 heavy (non-hydrogen) atoms. The molecule has 0 fully saturated rings. The maximum absolute atomic E-state index is 3.64. The molecule has 0 saturated heterocycles. The fraction of sp³-hybridized carbons (Fsp3) is 0.385. The number of nitrogens with one attached hydrogen (secondary N) is 2. The maximum atomic E-state index is 3.64. The van der Waals surface area contributed by atoms with Gasteiger partial charge in [-0.1, -0.05) is 31.2 Å². The average molecular weight is 200 g/mol. The molecule has 2 unspecified atom stereocenters. The molecule has 1 heterocycles. The normalized spacial score (nSPS) is 27.0. The van der Waals surface area contributed by atoms with E-state index in [0.29, 0.717) is 12.2 Å². The van der Waals surface area contributed by atoms with E-state index in [2.05, 4.69) is 47.9 Å². The van der Waals surface area contributed by atoms with Crippen LogP contribution in [0, 0.1) is 0 Å². The Labute approximate surface area is 90.4 Å². The molecule has 0 aromatic heterocycles. The largest absolute Gasteiger partial charge is 0.370 e. The number of anilines is 1. The monoisotopic (exact) mass is 200 g/mol. The van der Waals surface area contributed by atoms with Gasteiger partial charge < -0.3 is 5.32 Å². The summed E-state index contributed by atoms with van der Waals surface area (Å²) in [5.41, 5.74) is 4.12. The molecule has 2 N–H and O–H groups in total. The number of hydrogen-bond acceptors (Lipinski definition) is 2. The van der Waals surface area contributed by atoms with Crippen LogP contribution in [0.4, 0.5) is 5.69 Å². The van der Waals surface area contributed by atoms with E-state index in [0.717, 1.165) is 12.8 Å². The van der Waals surface area contributed by atoms with Crippen molar-refractivity contribution in [3.63, 3.8) is 0 Å². The molecule has 0 radical (unpaired) electrons. The van der Waals surface area contributed by atoms with Gasteiger partial charge in [0.25, 0.3) is 0 Å². The first-order valence-electron chi connectivity index (χ1n) is 5.70. The van der Waals surface area contributed by atoms with Crippen LogP contribution in [-0.4, -0.2) is 6.17 Å². The summed E-state index contributed by atoms with van der Waals surface area (Å²) < 4.78 is 0. The second-order valence-electron chi connectivity index (χ2n) is 4.27. The second-order valence-corrected chi connectivity index (χ2v) is 4.27. The number of rotatable bonds is 1. The van der Waals surface area contributed by atoms with E-state index in [1.54, 1.807) is 0 Å². The molecule has 1 aromatic carbocycles. The van der Waals surface area contributed by atoms with Gasteiger partial charge in [-0.05, 0) is 30.0 Å². The molecule has 0 spiro atoms. The third-order valence-electron chi connectivity index (χ3n) is 3.30. The van der Waals surface area contributed by atoms with Crippen LogP contribution in [0.25, 0.3) is 6.08 Å². The lowest BCUT2D eigenvalue weighted by molar-refractivity contribution is 0.437. The summed E-state index contributed by atoms with van der Waals surface area (Å²) in [7, 11) is 0. The highest BCUT2D eigenvalue weighted by atomic mass is 15.2. The summed E-state index contributed by atoms with van der Waals surface area (Å²) in [5, 5.41) is 7.18. The minimum atomic E-state index is 0.421. The highest BCUT2D eigenvalue weighted by Gasteiger charge is 2.27. The topological polar surface area (TPSA) is 24.1 Å². The fourth-order valence-electron chi connectivity index (χ4n) is 2.54.